The predicted octanol–water partition coefficient (Wildman–Crippen LogP) is 3.22. The van der Waals surface area contributed by atoms with E-state index >= 15 is 0 Å². The van der Waals surface area contributed by atoms with E-state index in [0.29, 0.717) is 23.3 Å². The van der Waals surface area contributed by atoms with Gasteiger partial charge in [-0.05, 0) is 44.0 Å². The Kier molecular flexibility index (Phi) is 6.23. The highest BCUT2D eigenvalue weighted by Gasteiger charge is 2.27. The minimum Gasteiger partial charge on any atom is -0.361 e. The molecule has 0 unspecified atom stereocenters. The highest BCUT2D eigenvalue weighted by atomic mass is 19.4. The first kappa shape index (κ1) is 21.5. The lowest BCUT2D eigenvalue weighted by Crippen LogP contribution is -2.31. The van der Waals surface area contributed by atoms with Gasteiger partial charge < -0.3 is 10.6 Å². The van der Waals surface area contributed by atoms with Crippen molar-refractivity contribution in [3.63, 3.8) is 0 Å². The Morgan fingerprint density at radius 1 is 1.27 bits per heavy atom. The van der Waals surface area contributed by atoms with Crippen LogP contribution in [0.5, 0.6) is 0 Å². The van der Waals surface area contributed by atoms with E-state index in [0.717, 1.165) is 10.9 Å². The molecule has 0 aromatic carbocycles. The van der Waals surface area contributed by atoms with Gasteiger partial charge in [0.25, 0.3) is 0 Å². The Morgan fingerprint density at radius 2 is 2.03 bits per heavy atom. The van der Waals surface area contributed by atoms with E-state index in [9.17, 15) is 18.0 Å². The lowest BCUT2D eigenvalue weighted by Gasteiger charge is -2.12. The molecule has 0 saturated heterocycles. The van der Waals surface area contributed by atoms with E-state index < -0.39 is 12.7 Å². The molecule has 10 heteroatoms. The van der Waals surface area contributed by atoms with Crippen molar-refractivity contribution in [1.82, 2.24) is 25.1 Å². The van der Waals surface area contributed by atoms with Crippen LogP contribution in [0.1, 0.15) is 30.7 Å². The summed E-state index contributed by atoms with van der Waals surface area (Å²) in [5, 5.41) is 10.4. The summed E-state index contributed by atoms with van der Waals surface area (Å²) in [6.45, 7) is 4.74. The zero-order valence-electron chi connectivity index (χ0n) is 16.9. The topological polar surface area (TPSA) is 84.7 Å². The normalized spacial score (nSPS) is 11.8. The van der Waals surface area contributed by atoms with Gasteiger partial charge in [-0.15, -0.1) is 0 Å². The number of halogens is 3. The first-order valence-electron chi connectivity index (χ1n) is 9.47. The molecule has 0 aliphatic heterocycles. The molecule has 160 valence electrons. The number of amides is 1. The van der Waals surface area contributed by atoms with Crippen molar-refractivity contribution in [2.75, 3.05) is 11.9 Å². The van der Waals surface area contributed by atoms with E-state index in [1.54, 1.807) is 29.9 Å². The fraction of sp³-hybridized carbons (Fsp3) is 0.400. The Morgan fingerprint density at radius 3 is 2.70 bits per heavy atom. The van der Waals surface area contributed by atoms with Gasteiger partial charge in [-0.1, -0.05) is 0 Å². The maximum absolute atomic E-state index is 12.4. The summed E-state index contributed by atoms with van der Waals surface area (Å²) in [6, 6.07) is 3.58. The van der Waals surface area contributed by atoms with Crippen LogP contribution in [0.3, 0.4) is 0 Å². The molecule has 3 aromatic rings. The number of carbonyl (C=O) groups is 1. The number of pyridine rings is 2. The minimum absolute atomic E-state index is 0.0451. The van der Waals surface area contributed by atoms with Crippen molar-refractivity contribution in [3.8, 4) is 0 Å². The second-order valence-corrected chi connectivity index (χ2v) is 7.39. The molecule has 3 aromatic heterocycles. The minimum atomic E-state index is -4.31. The molecular formula is C20H23F3N6O. The first-order chi connectivity index (χ1) is 14.1. The predicted molar refractivity (Wildman–Crippen MR) is 107 cm³/mol. The van der Waals surface area contributed by atoms with Crippen molar-refractivity contribution in [3.05, 3.63) is 47.5 Å². The number of aryl methyl sites for hydroxylation is 1. The van der Waals surface area contributed by atoms with Crippen LogP contribution in [-0.4, -0.2) is 44.4 Å². The van der Waals surface area contributed by atoms with Gasteiger partial charge in [0.1, 0.15) is 12.4 Å². The number of alkyl halides is 3. The third-order valence-corrected chi connectivity index (χ3v) is 4.28. The molecule has 7 nitrogen and oxygen atoms in total. The summed E-state index contributed by atoms with van der Waals surface area (Å²) in [6.07, 6.45) is 0.796. The van der Waals surface area contributed by atoms with Crippen LogP contribution >= 0.6 is 0 Å². The summed E-state index contributed by atoms with van der Waals surface area (Å²) >= 11 is 0. The molecule has 30 heavy (non-hydrogen) atoms. The first-order valence-corrected chi connectivity index (χ1v) is 9.47. The molecule has 0 radical (unpaired) electrons. The number of hydrogen-bond donors (Lipinski definition) is 2. The summed E-state index contributed by atoms with van der Waals surface area (Å²) in [7, 11) is 0. The van der Waals surface area contributed by atoms with E-state index in [1.165, 1.54) is 6.20 Å². The van der Waals surface area contributed by atoms with Crippen molar-refractivity contribution >= 4 is 22.6 Å². The SMILES string of the molecule is Cc1cc(Cn2cc3c(CC(=O)NC(C)C)nccc3n2)cnc1NCC(F)(F)F. The summed E-state index contributed by atoms with van der Waals surface area (Å²) in [5.74, 6) is 0.0869. The number of anilines is 1. The van der Waals surface area contributed by atoms with Gasteiger partial charge in [0.05, 0.1) is 24.2 Å². The van der Waals surface area contributed by atoms with Crippen LogP contribution in [0.15, 0.2) is 30.7 Å². The molecule has 0 aliphatic rings. The second kappa shape index (κ2) is 8.68. The zero-order valence-corrected chi connectivity index (χ0v) is 16.9. The third kappa shape index (κ3) is 5.68. The van der Waals surface area contributed by atoms with Crippen LogP contribution < -0.4 is 10.6 Å². The fourth-order valence-electron chi connectivity index (χ4n) is 3.07. The molecule has 0 atom stereocenters. The molecule has 3 heterocycles. The van der Waals surface area contributed by atoms with E-state index in [1.807, 2.05) is 20.0 Å². The molecule has 0 saturated carbocycles. The van der Waals surface area contributed by atoms with Gasteiger partial charge in [0.15, 0.2) is 0 Å². The molecule has 0 spiro atoms. The Labute approximate surface area is 171 Å². The van der Waals surface area contributed by atoms with Crippen molar-refractivity contribution in [1.29, 1.82) is 0 Å². The molecule has 0 aliphatic carbocycles. The standard InChI is InChI=1S/C20H23F3N6O/c1-12(2)27-18(30)7-17-15-10-29(28-16(15)4-5-24-17)9-14-6-13(3)19(25-8-14)26-11-20(21,22)23/h4-6,8,10,12H,7,9,11H2,1-3H3,(H,25,26)(H,27,30). The third-order valence-electron chi connectivity index (χ3n) is 4.28. The lowest BCUT2D eigenvalue weighted by atomic mass is 10.2. The van der Waals surface area contributed by atoms with Crippen LogP contribution in [0.25, 0.3) is 10.9 Å². The van der Waals surface area contributed by atoms with Crippen LogP contribution in [-0.2, 0) is 17.8 Å². The lowest BCUT2D eigenvalue weighted by molar-refractivity contribution is -0.121. The number of carbonyl (C=O) groups excluding carboxylic acids is 1. The smallest absolute Gasteiger partial charge is 0.361 e. The monoisotopic (exact) mass is 420 g/mol. The van der Waals surface area contributed by atoms with Crippen LogP contribution in [0.4, 0.5) is 19.0 Å². The fourth-order valence-corrected chi connectivity index (χ4v) is 3.07. The van der Waals surface area contributed by atoms with E-state index in [4.69, 9.17) is 0 Å². The van der Waals surface area contributed by atoms with Gasteiger partial charge in [0, 0.05) is 30.0 Å². The Bertz CT molecular complexity index is 1040. The highest BCUT2D eigenvalue weighted by Crippen LogP contribution is 2.20. The number of aromatic nitrogens is 4. The number of nitrogens with zero attached hydrogens (tertiary/aromatic N) is 4. The van der Waals surface area contributed by atoms with Gasteiger partial charge >= 0.3 is 6.18 Å². The van der Waals surface area contributed by atoms with Gasteiger partial charge in [0.2, 0.25) is 5.91 Å². The van der Waals surface area contributed by atoms with Gasteiger partial charge in [-0.25, -0.2) is 4.98 Å². The van der Waals surface area contributed by atoms with Crippen molar-refractivity contribution in [2.24, 2.45) is 0 Å². The number of rotatable bonds is 7. The number of nitrogens with one attached hydrogen (secondary N) is 2. The van der Waals surface area contributed by atoms with Gasteiger partial charge in [-0.2, -0.15) is 18.3 Å². The zero-order chi connectivity index (χ0) is 21.9. The van der Waals surface area contributed by atoms with E-state index in [-0.39, 0.29) is 24.2 Å². The Balaban J connectivity index is 1.75. The number of hydrogen-bond acceptors (Lipinski definition) is 5. The highest BCUT2D eigenvalue weighted by molar-refractivity contribution is 5.86. The molecule has 0 fully saturated rings. The number of fused-ring (bicyclic) bond motifs is 1. The Hall–Kier alpha value is -3.17. The van der Waals surface area contributed by atoms with Crippen molar-refractivity contribution < 1.29 is 18.0 Å². The molecule has 2 N–H and O–H groups in total. The largest absolute Gasteiger partial charge is 0.405 e. The molecule has 3 rings (SSSR count). The average molecular weight is 420 g/mol. The maximum Gasteiger partial charge on any atom is 0.405 e. The molecule has 1 amide bonds. The second-order valence-electron chi connectivity index (χ2n) is 7.39. The molecule has 0 bridgehead atoms. The van der Waals surface area contributed by atoms with E-state index in [2.05, 4.69) is 25.7 Å². The summed E-state index contributed by atoms with van der Waals surface area (Å²) in [5.41, 5.74) is 2.76. The van der Waals surface area contributed by atoms with Crippen LogP contribution in [0, 0.1) is 6.92 Å². The van der Waals surface area contributed by atoms with Crippen molar-refractivity contribution in [2.45, 2.75) is 46.0 Å². The average Bonchev–Trinajstić information content (AvgIpc) is 3.03. The molecular weight excluding hydrogens is 397 g/mol. The summed E-state index contributed by atoms with van der Waals surface area (Å²) < 4.78 is 38.9. The quantitative estimate of drug-likeness (QED) is 0.613. The van der Waals surface area contributed by atoms with Crippen LogP contribution in [0.2, 0.25) is 0 Å². The van der Waals surface area contributed by atoms with Gasteiger partial charge in [-0.3, -0.25) is 14.5 Å². The maximum atomic E-state index is 12.4. The summed E-state index contributed by atoms with van der Waals surface area (Å²) in [4.78, 5) is 20.5.